The monoisotopic (exact) mass is 618 g/mol. The van der Waals surface area contributed by atoms with Crippen LogP contribution < -0.4 is 0 Å². The molecule has 3 aliphatic rings. The number of amides is 2. The van der Waals surface area contributed by atoms with Gasteiger partial charge in [0.1, 0.15) is 5.60 Å². The minimum Gasteiger partial charge on any atom is -0.649 e. The maximum absolute atomic E-state index is 12.1. The molecule has 2 amide bonds. The molecular weight excluding hydrogens is 579 g/mol. The molecule has 0 aromatic rings. The van der Waals surface area contributed by atoms with Crippen molar-refractivity contribution < 1.29 is 39.5 Å². The third-order valence-corrected chi connectivity index (χ3v) is 5.99. The molecule has 30 heavy (non-hydrogen) atoms. The molecule has 3 saturated heterocycles. The zero-order valence-electron chi connectivity index (χ0n) is 18.3. The summed E-state index contributed by atoms with van der Waals surface area (Å²) in [6, 6.07) is 0. The minimum atomic E-state index is -0.454. The first-order valence-electron chi connectivity index (χ1n) is 10.2. The van der Waals surface area contributed by atoms with E-state index < -0.39 is 5.60 Å². The van der Waals surface area contributed by atoms with Crippen molar-refractivity contribution in [3.05, 3.63) is 5.32 Å². The molecule has 3 heterocycles. The van der Waals surface area contributed by atoms with Crippen molar-refractivity contribution in [2.75, 3.05) is 52.4 Å². The molecule has 8 nitrogen and oxygen atoms in total. The Balaban J connectivity index is 0.00000204. The Morgan fingerprint density at radius 2 is 1.60 bits per heavy atom. The van der Waals surface area contributed by atoms with Gasteiger partial charge in [-0.15, -0.1) is 0 Å². The molecule has 0 saturated carbocycles. The molecule has 0 aromatic carbocycles. The van der Waals surface area contributed by atoms with Gasteiger partial charge in [-0.1, -0.05) is 27.8 Å². The van der Waals surface area contributed by atoms with Crippen molar-refractivity contribution >= 4 is 24.1 Å². The normalized spacial score (nSPS) is 22.0. The predicted octanol–water partition coefficient (Wildman–Crippen LogP) is 3.53. The van der Waals surface area contributed by atoms with E-state index in [0.717, 1.165) is 39.0 Å². The number of nitrogens with zero attached hydrogens (tertiary/aromatic N) is 4. The molecule has 0 aliphatic carbocycles. The summed E-state index contributed by atoms with van der Waals surface area (Å²) < 4.78 is 15.9. The maximum Gasteiger partial charge on any atom is 0.410 e. The van der Waals surface area contributed by atoms with E-state index in [2.05, 4.69) is 13.9 Å². The zero-order valence-corrected chi connectivity index (χ0v) is 21.8. The van der Waals surface area contributed by atoms with Crippen LogP contribution >= 0.6 is 12.1 Å². The Labute approximate surface area is 200 Å². The number of hydrogen-bond donors (Lipinski definition) is 0. The van der Waals surface area contributed by atoms with Crippen LogP contribution in [0.25, 0.3) is 5.32 Å². The summed E-state index contributed by atoms with van der Waals surface area (Å²) in [4.78, 5) is 25.1. The molecule has 3 aliphatic heterocycles. The Morgan fingerprint density at radius 3 is 2.07 bits per heavy atom. The maximum atomic E-state index is 12.1. The number of carbonyl (C=O) groups excluding carboxylic acids is 2. The number of piperidine rings is 1. The van der Waals surface area contributed by atoms with Gasteiger partial charge in [0.2, 0.25) is 0 Å². The average Bonchev–Trinajstić information content (AvgIpc) is 2.67. The van der Waals surface area contributed by atoms with Gasteiger partial charge >= 0.3 is 6.09 Å². The first-order valence-corrected chi connectivity index (χ1v) is 11.0. The van der Waals surface area contributed by atoms with E-state index in [1.165, 1.54) is 0 Å². The second kappa shape index (κ2) is 13.2. The van der Waals surface area contributed by atoms with Gasteiger partial charge < -0.3 is 24.5 Å². The van der Waals surface area contributed by atoms with Crippen molar-refractivity contribution in [3.63, 3.8) is 0 Å². The molecule has 1 radical (unpaired) electrons. The Morgan fingerprint density at radius 1 is 1.07 bits per heavy atom. The standard InChI is InChI=1S/C17H30N4O4S.C2H6.CH4.Re/c1-16(2,3)25-15(23)19-8-10-21(11-9-19)26-20-6-4-17(5-7-20)13-18-14(22)12-24-17;1-2;;/h4-13H2,1-3H3,(H,18,22);1-2H3;1H4;/p-1. The first kappa shape index (κ1) is 29.6. The SMILES string of the molecule is C.CC.CC(C)(C)OC(=O)N1CCN(SN2CCC3(CC2)C[N-]C(=O)CO3)CC1.[Re]. The van der Waals surface area contributed by atoms with Crippen LogP contribution in [0, 0.1) is 0 Å². The van der Waals surface area contributed by atoms with Crippen molar-refractivity contribution in [2.45, 2.75) is 66.1 Å². The summed E-state index contributed by atoms with van der Waals surface area (Å²) in [6.07, 6.45) is 1.57. The van der Waals surface area contributed by atoms with Crippen molar-refractivity contribution in [1.82, 2.24) is 13.5 Å². The number of rotatable bonds is 2. The van der Waals surface area contributed by atoms with E-state index in [-0.39, 0.29) is 52.1 Å². The van der Waals surface area contributed by atoms with Gasteiger partial charge in [-0.2, -0.15) is 0 Å². The smallest absolute Gasteiger partial charge is 0.410 e. The van der Waals surface area contributed by atoms with Crippen LogP contribution in [0.15, 0.2) is 0 Å². The molecule has 3 fully saturated rings. The molecule has 0 unspecified atom stereocenters. The molecular formula is C20H39N4O4ReS-. The molecule has 177 valence electrons. The van der Waals surface area contributed by atoms with Gasteiger partial charge in [0.15, 0.2) is 0 Å². The van der Waals surface area contributed by atoms with E-state index in [4.69, 9.17) is 9.47 Å². The third kappa shape index (κ3) is 9.01. The van der Waals surface area contributed by atoms with Crippen LogP contribution in [-0.4, -0.2) is 89.1 Å². The molecule has 0 bridgehead atoms. The number of piperazine rings is 1. The molecule has 0 N–H and O–H groups in total. The number of morpholine rings is 1. The van der Waals surface area contributed by atoms with Crippen LogP contribution in [0.4, 0.5) is 4.79 Å². The Bertz CT molecular complexity index is 519. The first-order chi connectivity index (χ1) is 13.2. The predicted molar refractivity (Wildman–Crippen MR) is 118 cm³/mol. The van der Waals surface area contributed by atoms with Crippen LogP contribution in [0.2, 0.25) is 0 Å². The van der Waals surface area contributed by atoms with E-state index in [1.54, 1.807) is 17.0 Å². The summed E-state index contributed by atoms with van der Waals surface area (Å²) in [7, 11) is 0. The van der Waals surface area contributed by atoms with E-state index in [9.17, 15) is 9.59 Å². The van der Waals surface area contributed by atoms with Crippen molar-refractivity contribution in [1.29, 1.82) is 0 Å². The molecule has 0 atom stereocenters. The summed E-state index contributed by atoms with van der Waals surface area (Å²) in [5.41, 5.74) is -0.689. The Hall–Kier alpha value is -0.368. The van der Waals surface area contributed by atoms with Gasteiger partial charge in [0.05, 0.1) is 18.1 Å². The minimum absolute atomic E-state index is 0. The van der Waals surface area contributed by atoms with Crippen molar-refractivity contribution in [2.24, 2.45) is 0 Å². The Kier molecular flexibility index (Phi) is 13.1. The fraction of sp³-hybridized carbons (Fsp3) is 0.900. The number of hydrogen-bond acceptors (Lipinski definition) is 7. The van der Waals surface area contributed by atoms with Gasteiger partial charge in [0, 0.05) is 71.8 Å². The van der Waals surface area contributed by atoms with Crippen LogP contribution in [0.3, 0.4) is 0 Å². The van der Waals surface area contributed by atoms with E-state index in [1.807, 2.05) is 34.6 Å². The van der Waals surface area contributed by atoms with Crippen LogP contribution in [0.5, 0.6) is 0 Å². The summed E-state index contributed by atoms with van der Waals surface area (Å²) >= 11 is 1.75. The van der Waals surface area contributed by atoms with E-state index >= 15 is 0 Å². The van der Waals surface area contributed by atoms with Gasteiger partial charge in [-0.3, -0.25) is 0 Å². The van der Waals surface area contributed by atoms with Gasteiger partial charge in [-0.25, -0.2) is 13.4 Å². The molecule has 0 aromatic heterocycles. The zero-order chi connectivity index (χ0) is 20.8. The summed E-state index contributed by atoms with van der Waals surface area (Å²) in [6.45, 7) is 15.1. The number of carbonyl (C=O) groups is 2. The van der Waals surface area contributed by atoms with E-state index in [0.29, 0.717) is 19.6 Å². The summed E-state index contributed by atoms with van der Waals surface area (Å²) in [5, 5.41) is 4.05. The third-order valence-electron chi connectivity index (χ3n) is 4.80. The fourth-order valence-corrected chi connectivity index (χ4v) is 4.26. The molecule has 3 rings (SSSR count). The van der Waals surface area contributed by atoms with Crippen LogP contribution in [0.1, 0.15) is 54.9 Å². The largest absolute Gasteiger partial charge is 0.649 e. The van der Waals surface area contributed by atoms with Crippen molar-refractivity contribution in [3.8, 4) is 0 Å². The fourth-order valence-electron chi connectivity index (χ4n) is 3.26. The molecule has 10 heteroatoms. The van der Waals surface area contributed by atoms with Gasteiger partial charge in [-0.05, 0) is 33.6 Å². The molecule has 1 spiro atoms. The number of ether oxygens (including phenoxy) is 2. The quantitative estimate of drug-likeness (QED) is 0.439. The topological polar surface area (TPSA) is 76.4 Å². The second-order valence-electron chi connectivity index (χ2n) is 8.09. The average molecular weight is 618 g/mol. The van der Waals surface area contributed by atoms with Gasteiger partial charge in [0.25, 0.3) is 0 Å². The second-order valence-corrected chi connectivity index (χ2v) is 9.28. The van der Waals surface area contributed by atoms with Crippen LogP contribution in [-0.2, 0) is 34.7 Å². The summed E-state index contributed by atoms with van der Waals surface area (Å²) in [5.74, 6) is -0.143.